The lowest BCUT2D eigenvalue weighted by molar-refractivity contribution is -0.137. The molecule has 1 aliphatic rings. The van der Waals surface area contributed by atoms with Gasteiger partial charge in [-0.25, -0.2) is 9.67 Å². The number of Topliss-reactive ketones (excluding diaryl/α,β-unsaturated/α-hetero) is 1. The summed E-state index contributed by atoms with van der Waals surface area (Å²) in [7, 11) is 1.80. The fraction of sp³-hybridized carbons (Fsp3) is 0.297. The van der Waals surface area contributed by atoms with Crippen LogP contribution in [-0.2, 0) is 26.1 Å². The number of alkyl halides is 3. The van der Waals surface area contributed by atoms with Crippen molar-refractivity contribution in [3.8, 4) is 17.1 Å². The molecule has 0 spiro atoms. The van der Waals surface area contributed by atoms with Gasteiger partial charge in [0, 0.05) is 28.9 Å². The van der Waals surface area contributed by atoms with Crippen LogP contribution in [0.15, 0.2) is 75.4 Å². The maximum absolute atomic E-state index is 14.3. The van der Waals surface area contributed by atoms with E-state index in [2.05, 4.69) is 0 Å². The Balaban J connectivity index is 1.30. The van der Waals surface area contributed by atoms with Crippen molar-refractivity contribution in [3.63, 3.8) is 0 Å². The van der Waals surface area contributed by atoms with Crippen molar-refractivity contribution in [2.45, 2.75) is 64.2 Å². The highest BCUT2D eigenvalue weighted by Crippen LogP contribution is 2.38. The highest BCUT2D eigenvalue weighted by molar-refractivity contribution is 7.99. The number of carbonyl (C=O) groups excluding carboxylic acids is 1. The summed E-state index contributed by atoms with van der Waals surface area (Å²) in [5.41, 5.74) is 2.22. The van der Waals surface area contributed by atoms with Crippen LogP contribution in [0.4, 0.5) is 13.2 Å². The maximum Gasteiger partial charge on any atom is 0.418 e. The van der Waals surface area contributed by atoms with E-state index in [1.165, 1.54) is 29.5 Å². The molecule has 0 bridgehead atoms. The quantitative estimate of drug-likeness (QED) is 0.0726. The number of aryl methyl sites for hydroxylation is 3. The number of hydrogen-bond acceptors (Lipinski definition) is 6. The van der Waals surface area contributed by atoms with Crippen LogP contribution in [0.3, 0.4) is 0 Å². The van der Waals surface area contributed by atoms with E-state index in [0.717, 1.165) is 58.5 Å². The third-order valence-electron chi connectivity index (χ3n) is 9.47. The first-order valence-corrected chi connectivity index (χ1v) is 18.1. The molecule has 6 aromatic rings. The van der Waals surface area contributed by atoms with Crippen LogP contribution in [0.2, 0.25) is 0 Å². The Morgan fingerprint density at radius 2 is 1.60 bits per heavy atom. The van der Waals surface area contributed by atoms with Gasteiger partial charge in [-0.2, -0.15) is 13.2 Å². The number of para-hydroxylation sites is 2. The number of halogens is 3. The fourth-order valence-electron chi connectivity index (χ4n) is 6.99. The molecule has 0 radical (unpaired) electrons. The lowest BCUT2D eigenvalue weighted by Gasteiger charge is -2.17. The van der Waals surface area contributed by atoms with Crippen LogP contribution in [-0.4, -0.2) is 35.0 Å². The average Bonchev–Trinajstić information content (AvgIpc) is 3.57. The summed E-state index contributed by atoms with van der Waals surface area (Å²) in [4.78, 5) is 48.3. The van der Waals surface area contributed by atoms with Gasteiger partial charge in [-0.1, -0.05) is 48.5 Å². The normalized spacial score (nSPS) is 13.5. The number of aromatic nitrogens is 5. The molecule has 0 unspecified atom stereocenters. The molecule has 2 aromatic carbocycles. The smallest absolute Gasteiger partial charge is 0.311 e. The second-order valence-corrected chi connectivity index (χ2v) is 14.6. The molecule has 7 rings (SSSR count). The number of carbonyl (C=O) groups is 1. The van der Waals surface area contributed by atoms with Crippen molar-refractivity contribution in [2.75, 3.05) is 5.75 Å². The summed E-state index contributed by atoms with van der Waals surface area (Å²) in [5.74, 6) is -0.498. The Hall–Kier alpha value is -4.62. The lowest BCUT2D eigenvalue weighted by Crippen LogP contribution is -2.25. The molecule has 8 nitrogen and oxygen atoms in total. The molecule has 0 fully saturated rings. The summed E-state index contributed by atoms with van der Waals surface area (Å²) in [5, 5.41) is 0.380. The summed E-state index contributed by atoms with van der Waals surface area (Å²) < 4.78 is 49.0. The van der Waals surface area contributed by atoms with E-state index >= 15 is 0 Å². The van der Waals surface area contributed by atoms with Crippen molar-refractivity contribution in [1.29, 1.82) is 0 Å². The van der Waals surface area contributed by atoms with Gasteiger partial charge in [0.1, 0.15) is 10.5 Å². The second-order valence-electron chi connectivity index (χ2n) is 12.5. The monoisotopic (exact) mass is 717 g/mol. The first-order valence-electron chi connectivity index (χ1n) is 16.3. The topological polar surface area (TPSA) is 83.8 Å². The molecule has 0 saturated carbocycles. The Kier molecular flexibility index (Phi) is 8.75. The minimum atomic E-state index is -4.72. The molecule has 50 heavy (non-hydrogen) atoms. The molecule has 0 aliphatic heterocycles. The standard InChI is InChI=1S/C37H34F3N5O3S2/c1-21-19-26(22(2)43(21)32-23(3)42(4)45(35(32)48)24-13-7-5-8-14-24)29(46)20-49-36-41-33-31(25-15-9-6-10-18-30(25)50-33)34(47)44(36)28-17-12-11-16-27(28)37(38,39)40/h5,7-8,11-14,16-17,19H,6,9-10,15,18,20H2,1-4H3. The number of nitrogens with zero attached hydrogens (tertiary/aromatic N) is 5. The van der Waals surface area contributed by atoms with Gasteiger partial charge in [-0.05, 0) is 82.3 Å². The summed E-state index contributed by atoms with van der Waals surface area (Å²) in [6, 6.07) is 16.0. The van der Waals surface area contributed by atoms with E-state index in [0.29, 0.717) is 50.7 Å². The minimum Gasteiger partial charge on any atom is -0.311 e. The van der Waals surface area contributed by atoms with Gasteiger partial charge in [-0.15, -0.1) is 11.3 Å². The predicted octanol–water partition coefficient (Wildman–Crippen LogP) is 7.92. The lowest BCUT2D eigenvalue weighted by atomic mass is 10.1. The van der Waals surface area contributed by atoms with E-state index in [9.17, 15) is 27.6 Å². The van der Waals surface area contributed by atoms with Gasteiger partial charge in [0.25, 0.3) is 11.1 Å². The van der Waals surface area contributed by atoms with Crippen molar-refractivity contribution in [1.82, 2.24) is 23.5 Å². The Labute approximate surface area is 293 Å². The number of hydrogen-bond donors (Lipinski definition) is 0. The van der Waals surface area contributed by atoms with Crippen LogP contribution < -0.4 is 11.1 Å². The molecule has 4 aromatic heterocycles. The summed E-state index contributed by atoms with van der Waals surface area (Å²) in [6.45, 7) is 5.43. The van der Waals surface area contributed by atoms with Crippen molar-refractivity contribution >= 4 is 39.1 Å². The zero-order valence-corrected chi connectivity index (χ0v) is 29.6. The zero-order valence-electron chi connectivity index (χ0n) is 27.9. The van der Waals surface area contributed by atoms with Crippen LogP contribution in [0, 0.1) is 20.8 Å². The van der Waals surface area contributed by atoms with Gasteiger partial charge >= 0.3 is 6.18 Å². The minimum absolute atomic E-state index is 0.0161. The number of ketones is 1. The number of fused-ring (bicyclic) bond motifs is 3. The van der Waals surface area contributed by atoms with Gasteiger partial charge < -0.3 is 4.57 Å². The molecule has 0 saturated heterocycles. The van der Waals surface area contributed by atoms with E-state index < -0.39 is 17.3 Å². The van der Waals surface area contributed by atoms with E-state index in [1.54, 1.807) is 34.0 Å². The van der Waals surface area contributed by atoms with Crippen molar-refractivity contribution < 1.29 is 18.0 Å². The van der Waals surface area contributed by atoms with Crippen molar-refractivity contribution in [2.24, 2.45) is 7.05 Å². The van der Waals surface area contributed by atoms with E-state index in [4.69, 9.17) is 4.98 Å². The fourth-order valence-corrected chi connectivity index (χ4v) is 9.18. The van der Waals surface area contributed by atoms with Gasteiger partial charge in [-0.3, -0.25) is 23.6 Å². The van der Waals surface area contributed by atoms with Crippen molar-refractivity contribution in [3.05, 3.63) is 120 Å². The van der Waals surface area contributed by atoms with Crippen LogP contribution in [0.25, 0.3) is 27.3 Å². The molecule has 13 heteroatoms. The van der Waals surface area contributed by atoms with E-state index in [1.807, 2.05) is 44.2 Å². The number of benzene rings is 2. The average molecular weight is 718 g/mol. The molecular formula is C37H34F3N5O3S2. The molecule has 0 amide bonds. The van der Waals surface area contributed by atoms with Crippen LogP contribution in [0.5, 0.6) is 0 Å². The third kappa shape index (κ3) is 5.65. The molecular weight excluding hydrogens is 684 g/mol. The number of thioether (sulfide) groups is 1. The van der Waals surface area contributed by atoms with Crippen LogP contribution in [0.1, 0.15) is 62.7 Å². The second kappa shape index (κ2) is 12.9. The first kappa shape index (κ1) is 33.9. The molecule has 1 aliphatic carbocycles. The molecule has 4 heterocycles. The Morgan fingerprint density at radius 3 is 2.34 bits per heavy atom. The predicted molar refractivity (Wildman–Crippen MR) is 191 cm³/mol. The highest BCUT2D eigenvalue weighted by Gasteiger charge is 2.35. The number of thiophene rings is 1. The maximum atomic E-state index is 14.3. The number of rotatable bonds is 7. The van der Waals surface area contributed by atoms with Gasteiger partial charge in [0.15, 0.2) is 10.9 Å². The van der Waals surface area contributed by atoms with Gasteiger partial charge in [0.05, 0.1) is 33.8 Å². The molecule has 0 atom stereocenters. The largest absolute Gasteiger partial charge is 0.418 e. The zero-order chi connectivity index (χ0) is 35.5. The molecule has 258 valence electrons. The SMILES string of the molecule is Cc1cc(C(=O)CSc2nc3sc4c(c3c(=O)n2-c2ccccc2C(F)(F)F)CCCCC4)c(C)n1-c1c(C)n(C)n(-c2ccccc2)c1=O. The highest BCUT2D eigenvalue weighted by atomic mass is 32.2. The Morgan fingerprint density at radius 1 is 0.900 bits per heavy atom. The molecule has 0 N–H and O–H groups in total. The summed E-state index contributed by atoms with van der Waals surface area (Å²) >= 11 is 2.35. The first-order chi connectivity index (χ1) is 23.9. The Bertz CT molecular complexity index is 2420. The van der Waals surface area contributed by atoms with E-state index in [-0.39, 0.29) is 27.9 Å². The third-order valence-corrected chi connectivity index (χ3v) is 11.6. The summed E-state index contributed by atoms with van der Waals surface area (Å²) in [6.07, 6.45) is -0.370. The van der Waals surface area contributed by atoms with Crippen LogP contribution >= 0.6 is 23.1 Å². The van der Waals surface area contributed by atoms with Gasteiger partial charge in [0.2, 0.25) is 0 Å².